The third-order valence-electron chi connectivity index (χ3n) is 4.05. The summed E-state index contributed by atoms with van der Waals surface area (Å²) in [4.78, 5) is 3.99. The van der Waals surface area contributed by atoms with Crippen LogP contribution in [-0.4, -0.2) is 19.4 Å². The summed E-state index contributed by atoms with van der Waals surface area (Å²) in [7, 11) is 0. The Kier molecular flexibility index (Phi) is 6.40. The molecule has 1 aliphatic rings. The summed E-state index contributed by atoms with van der Waals surface area (Å²) in [5.74, 6) is 0.679. The van der Waals surface area contributed by atoms with E-state index in [1.54, 1.807) is 6.08 Å². The molecule has 1 saturated carbocycles. The van der Waals surface area contributed by atoms with Crippen molar-refractivity contribution in [2.75, 3.05) is 6.61 Å². The van der Waals surface area contributed by atoms with E-state index in [1.165, 1.54) is 18.4 Å². The van der Waals surface area contributed by atoms with Gasteiger partial charge in [-0.2, -0.15) is 0 Å². The van der Waals surface area contributed by atoms with E-state index in [9.17, 15) is 0 Å². The van der Waals surface area contributed by atoms with E-state index in [4.69, 9.17) is 4.74 Å². The minimum atomic E-state index is 0.326. The van der Waals surface area contributed by atoms with Crippen molar-refractivity contribution in [2.45, 2.75) is 37.7 Å². The van der Waals surface area contributed by atoms with Crippen LogP contribution in [0.1, 0.15) is 37.2 Å². The zero-order chi connectivity index (χ0) is 15.1. The lowest BCUT2D eigenvalue weighted by Gasteiger charge is -2.29. The van der Waals surface area contributed by atoms with Crippen molar-refractivity contribution in [3.63, 3.8) is 0 Å². The molecule has 1 fully saturated rings. The van der Waals surface area contributed by atoms with Gasteiger partial charge < -0.3 is 4.74 Å². The van der Waals surface area contributed by atoms with Crippen LogP contribution in [0.4, 0.5) is 0 Å². The fourth-order valence-corrected chi connectivity index (χ4v) is 3.03. The second-order valence-electron chi connectivity index (χ2n) is 5.35. The van der Waals surface area contributed by atoms with Crippen LogP contribution < -0.4 is 0 Å². The highest BCUT2D eigenvalue weighted by Crippen LogP contribution is 2.34. The Labute approximate surface area is 135 Å². The molecular weight excluding hydrogens is 326 g/mol. The van der Waals surface area contributed by atoms with Crippen molar-refractivity contribution < 1.29 is 4.74 Å². The third kappa shape index (κ3) is 4.65. The third-order valence-corrected chi connectivity index (χ3v) is 4.83. The molecule has 3 heteroatoms. The van der Waals surface area contributed by atoms with E-state index in [-0.39, 0.29) is 0 Å². The topological polar surface area (TPSA) is 21.6 Å². The molecule has 0 unspecified atom stereocenters. The van der Waals surface area contributed by atoms with Gasteiger partial charge in [-0.25, -0.2) is 0 Å². The van der Waals surface area contributed by atoms with E-state index < -0.39 is 0 Å². The highest BCUT2D eigenvalue weighted by atomic mass is 79.9. The molecule has 0 N–H and O–H groups in total. The van der Waals surface area contributed by atoms with Crippen molar-refractivity contribution in [3.8, 4) is 0 Å². The smallest absolute Gasteiger partial charge is 0.0902 e. The van der Waals surface area contributed by atoms with Gasteiger partial charge in [0.15, 0.2) is 0 Å². The Morgan fingerprint density at radius 1 is 1.24 bits per heavy atom. The number of hydrogen-bond donors (Lipinski definition) is 0. The maximum Gasteiger partial charge on any atom is 0.0902 e. The molecule has 0 amide bonds. The molecule has 0 aliphatic heterocycles. The van der Waals surface area contributed by atoms with Crippen LogP contribution in [0.25, 0.3) is 0 Å². The van der Waals surface area contributed by atoms with Crippen molar-refractivity contribution in [1.82, 2.24) is 0 Å². The number of hydrogen-bond acceptors (Lipinski definition) is 2. The molecule has 0 saturated heterocycles. The van der Waals surface area contributed by atoms with E-state index in [2.05, 4.69) is 64.6 Å². The summed E-state index contributed by atoms with van der Waals surface area (Å²) >= 11 is 3.42. The van der Waals surface area contributed by atoms with E-state index in [0.29, 0.717) is 18.6 Å². The predicted molar refractivity (Wildman–Crippen MR) is 93.1 cm³/mol. The summed E-state index contributed by atoms with van der Waals surface area (Å²) in [5.41, 5.74) is 2.27. The molecule has 1 aromatic carbocycles. The van der Waals surface area contributed by atoms with Crippen LogP contribution in [0, 0.1) is 0 Å². The van der Waals surface area contributed by atoms with Gasteiger partial charge in [0.2, 0.25) is 0 Å². The molecule has 1 aliphatic carbocycles. The fourth-order valence-electron chi connectivity index (χ4n) is 2.79. The molecule has 1 aromatic rings. The fraction of sp³-hybridized carbons (Fsp3) is 0.389. The van der Waals surface area contributed by atoms with E-state index in [1.807, 2.05) is 0 Å². The maximum atomic E-state index is 5.97. The van der Waals surface area contributed by atoms with Gasteiger partial charge in [0.05, 0.1) is 18.4 Å². The summed E-state index contributed by atoms with van der Waals surface area (Å²) in [5, 5.41) is 0. The largest absolute Gasteiger partial charge is 0.372 e. The van der Waals surface area contributed by atoms with E-state index >= 15 is 0 Å². The Bertz CT molecular complexity index is 501. The highest BCUT2D eigenvalue weighted by Gasteiger charge is 2.22. The first-order valence-electron chi connectivity index (χ1n) is 7.39. The van der Waals surface area contributed by atoms with Gasteiger partial charge in [0.25, 0.3) is 0 Å². The average Bonchev–Trinajstić information content (AvgIpc) is 2.56. The first-order chi connectivity index (χ1) is 10.2. The highest BCUT2D eigenvalue weighted by molar-refractivity contribution is 9.11. The Hall–Kier alpha value is -1.19. The van der Waals surface area contributed by atoms with Crippen molar-refractivity contribution in [2.24, 2.45) is 4.99 Å². The zero-order valence-electron chi connectivity index (χ0n) is 12.3. The zero-order valence-corrected chi connectivity index (χ0v) is 13.9. The van der Waals surface area contributed by atoms with Gasteiger partial charge >= 0.3 is 0 Å². The summed E-state index contributed by atoms with van der Waals surface area (Å²) < 4.78 is 6.83. The molecule has 2 rings (SSSR count). The van der Waals surface area contributed by atoms with Crippen LogP contribution >= 0.6 is 15.9 Å². The number of nitrogens with zero attached hydrogens (tertiary/aromatic N) is 1. The molecular formula is C18H22BrNO. The van der Waals surface area contributed by atoms with Gasteiger partial charge in [-0.15, -0.1) is 0 Å². The normalized spacial score (nSPS) is 23.3. The summed E-state index contributed by atoms with van der Waals surface area (Å²) in [6.45, 7) is 7.80. The maximum absolute atomic E-state index is 5.97. The first kappa shape index (κ1) is 16.2. The van der Waals surface area contributed by atoms with Crippen molar-refractivity contribution in [3.05, 3.63) is 58.7 Å². The number of allylic oxidation sites excluding steroid dienone is 2. The van der Waals surface area contributed by atoms with E-state index in [0.717, 1.165) is 23.0 Å². The minimum absolute atomic E-state index is 0.326. The van der Waals surface area contributed by atoms with Crippen LogP contribution in [-0.2, 0) is 4.74 Å². The number of benzene rings is 1. The average molecular weight is 348 g/mol. The van der Waals surface area contributed by atoms with Gasteiger partial charge in [-0.05, 0) is 59.8 Å². The summed E-state index contributed by atoms with van der Waals surface area (Å²) in [6.07, 6.45) is 6.65. The molecule has 0 heterocycles. The van der Waals surface area contributed by atoms with Gasteiger partial charge in [-0.3, -0.25) is 4.99 Å². The van der Waals surface area contributed by atoms with Crippen LogP contribution in [0.15, 0.2) is 58.2 Å². The minimum Gasteiger partial charge on any atom is -0.372 e. The molecule has 0 atom stereocenters. The molecule has 0 aromatic heterocycles. The Morgan fingerprint density at radius 3 is 2.48 bits per heavy atom. The standard InChI is InChI=1S/C18H22BrNO/c1-3-17(19)18(20-2)13-21-16-11-9-15(10-12-16)14-7-5-4-6-8-14/h3-8,15-16H,1-2,9-13H2/b18-17+. The van der Waals surface area contributed by atoms with Crippen molar-refractivity contribution in [1.29, 1.82) is 0 Å². The number of halogens is 1. The SMILES string of the molecule is C=C/C(Br)=C(/COC1CCC(c2ccccc2)CC1)N=C. The Balaban J connectivity index is 1.82. The lowest BCUT2D eigenvalue weighted by atomic mass is 9.83. The number of aliphatic imine (C=N–C) groups is 1. The van der Waals surface area contributed by atoms with Crippen molar-refractivity contribution >= 4 is 22.6 Å². The molecule has 21 heavy (non-hydrogen) atoms. The lowest BCUT2D eigenvalue weighted by molar-refractivity contribution is 0.0381. The van der Waals surface area contributed by atoms with Gasteiger partial charge in [-0.1, -0.05) is 43.0 Å². The second-order valence-corrected chi connectivity index (χ2v) is 6.21. The molecule has 0 bridgehead atoms. The summed E-state index contributed by atoms with van der Waals surface area (Å²) in [6, 6.07) is 10.8. The van der Waals surface area contributed by atoms with Gasteiger partial charge in [0.1, 0.15) is 0 Å². The van der Waals surface area contributed by atoms with Crippen LogP contribution in [0.5, 0.6) is 0 Å². The molecule has 2 nitrogen and oxygen atoms in total. The van der Waals surface area contributed by atoms with Crippen LogP contribution in [0.2, 0.25) is 0 Å². The second kappa shape index (κ2) is 8.30. The predicted octanol–water partition coefficient (Wildman–Crippen LogP) is 5.22. The number of ether oxygens (including phenoxy) is 1. The quantitative estimate of drug-likeness (QED) is 0.510. The monoisotopic (exact) mass is 347 g/mol. The van der Waals surface area contributed by atoms with Gasteiger partial charge in [0, 0.05) is 4.48 Å². The molecule has 0 spiro atoms. The lowest BCUT2D eigenvalue weighted by Crippen LogP contribution is -2.21. The molecule has 112 valence electrons. The van der Waals surface area contributed by atoms with Crippen LogP contribution in [0.3, 0.4) is 0 Å². The molecule has 0 radical (unpaired) electrons. The first-order valence-corrected chi connectivity index (χ1v) is 8.18. The Morgan fingerprint density at radius 2 is 1.90 bits per heavy atom. The number of rotatable bonds is 6.